The zero-order chi connectivity index (χ0) is 9.10. The Hall–Kier alpha value is -0.300. The van der Waals surface area contributed by atoms with Gasteiger partial charge in [0.1, 0.15) is 0 Å². The fourth-order valence-corrected chi connectivity index (χ4v) is 2.65. The van der Waals surface area contributed by atoms with Gasteiger partial charge in [-0.15, -0.1) is 0 Å². The second-order valence-electron chi connectivity index (χ2n) is 3.91. The molecule has 0 amide bonds. The zero-order valence-corrected chi connectivity index (χ0v) is 9.33. The van der Waals surface area contributed by atoms with Gasteiger partial charge >= 0.3 is 0 Å². The van der Waals surface area contributed by atoms with Crippen molar-refractivity contribution >= 4 is 15.9 Å². The first kappa shape index (κ1) is 9.26. The summed E-state index contributed by atoms with van der Waals surface area (Å²) in [6.45, 7) is 0. The molecular formula is C12H15Br. The van der Waals surface area contributed by atoms with Crippen LogP contribution in [0.15, 0.2) is 30.3 Å². The molecule has 1 aliphatic carbocycles. The van der Waals surface area contributed by atoms with Crippen LogP contribution < -0.4 is 0 Å². The molecule has 0 aliphatic heterocycles. The van der Waals surface area contributed by atoms with Crippen molar-refractivity contribution in [3.05, 3.63) is 35.9 Å². The molecule has 0 saturated heterocycles. The molecule has 1 unspecified atom stereocenters. The minimum absolute atomic E-state index is 0.569. The Balaban J connectivity index is 1.92. The summed E-state index contributed by atoms with van der Waals surface area (Å²) in [5.74, 6) is 0.976. The molecule has 70 valence electrons. The second-order valence-corrected chi connectivity index (χ2v) is 5.02. The number of halogens is 1. The topological polar surface area (TPSA) is 0 Å². The van der Waals surface area contributed by atoms with Crippen molar-refractivity contribution in [2.24, 2.45) is 5.92 Å². The van der Waals surface area contributed by atoms with E-state index in [0.29, 0.717) is 4.83 Å². The van der Waals surface area contributed by atoms with Crippen LogP contribution in [-0.4, -0.2) is 0 Å². The molecule has 1 saturated carbocycles. The van der Waals surface area contributed by atoms with E-state index in [-0.39, 0.29) is 0 Å². The first-order valence-electron chi connectivity index (χ1n) is 5.05. The molecule has 0 radical (unpaired) electrons. The van der Waals surface area contributed by atoms with Gasteiger partial charge in [-0.25, -0.2) is 0 Å². The molecule has 1 heteroatoms. The van der Waals surface area contributed by atoms with E-state index in [1.807, 2.05) is 0 Å². The quantitative estimate of drug-likeness (QED) is 0.689. The first-order valence-corrected chi connectivity index (χ1v) is 5.97. The highest BCUT2D eigenvalue weighted by atomic mass is 79.9. The van der Waals surface area contributed by atoms with Crippen LogP contribution in [0.4, 0.5) is 0 Å². The predicted octanol–water partition coefficient (Wildman–Crippen LogP) is 4.31. The van der Waals surface area contributed by atoms with Gasteiger partial charge in [-0.3, -0.25) is 0 Å². The molecule has 0 N–H and O–H groups in total. The molecule has 0 heterocycles. The van der Waals surface area contributed by atoms with Gasteiger partial charge in [0.2, 0.25) is 0 Å². The summed E-state index contributed by atoms with van der Waals surface area (Å²) in [6.07, 6.45) is 5.63. The molecule has 0 bridgehead atoms. The van der Waals surface area contributed by atoms with Crippen molar-refractivity contribution in [3.8, 4) is 0 Å². The Bertz CT molecular complexity index is 251. The Morgan fingerprint density at radius 2 is 1.92 bits per heavy atom. The first-order chi connectivity index (χ1) is 6.36. The van der Waals surface area contributed by atoms with Gasteiger partial charge in [0.15, 0.2) is 0 Å². The van der Waals surface area contributed by atoms with Crippen molar-refractivity contribution in [3.63, 3.8) is 0 Å². The lowest BCUT2D eigenvalue weighted by Gasteiger charge is -2.27. The summed E-state index contributed by atoms with van der Waals surface area (Å²) in [7, 11) is 0. The number of hydrogen-bond acceptors (Lipinski definition) is 0. The Morgan fingerprint density at radius 1 is 1.23 bits per heavy atom. The molecule has 1 aromatic carbocycles. The highest BCUT2D eigenvalue weighted by Crippen LogP contribution is 2.38. The molecule has 1 atom stereocenters. The van der Waals surface area contributed by atoms with E-state index in [1.165, 1.54) is 31.2 Å². The maximum absolute atomic E-state index is 3.76. The third kappa shape index (κ3) is 2.34. The minimum atomic E-state index is 0.569. The average Bonchev–Trinajstić information content (AvgIpc) is 2.12. The number of rotatable bonds is 3. The van der Waals surface area contributed by atoms with Crippen LogP contribution in [0.25, 0.3) is 0 Å². The van der Waals surface area contributed by atoms with Crippen molar-refractivity contribution in [1.82, 2.24) is 0 Å². The lowest BCUT2D eigenvalue weighted by molar-refractivity contribution is 0.295. The summed E-state index contributed by atoms with van der Waals surface area (Å²) >= 11 is 3.76. The molecular weight excluding hydrogens is 224 g/mol. The minimum Gasteiger partial charge on any atom is -0.0839 e. The summed E-state index contributed by atoms with van der Waals surface area (Å²) < 4.78 is 0. The second kappa shape index (κ2) is 4.28. The smallest absolute Gasteiger partial charge is 0.0397 e. The van der Waals surface area contributed by atoms with E-state index >= 15 is 0 Å². The maximum atomic E-state index is 3.76. The molecule has 1 fully saturated rings. The van der Waals surface area contributed by atoms with Gasteiger partial charge in [-0.05, 0) is 17.9 Å². The van der Waals surface area contributed by atoms with Gasteiger partial charge in [0, 0.05) is 4.83 Å². The number of benzene rings is 1. The van der Waals surface area contributed by atoms with E-state index in [4.69, 9.17) is 0 Å². The third-order valence-corrected chi connectivity index (χ3v) is 3.83. The van der Waals surface area contributed by atoms with Crippen molar-refractivity contribution < 1.29 is 0 Å². The van der Waals surface area contributed by atoms with Crippen LogP contribution >= 0.6 is 15.9 Å². The van der Waals surface area contributed by atoms with Gasteiger partial charge in [0.05, 0.1) is 0 Å². The maximum Gasteiger partial charge on any atom is 0.0397 e. The molecule has 1 aromatic rings. The van der Waals surface area contributed by atoms with Crippen LogP contribution in [0.1, 0.15) is 36.1 Å². The van der Waals surface area contributed by atoms with Crippen LogP contribution in [0.5, 0.6) is 0 Å². The molecule has 0 aromatic heterocycles. The number of alkyl halides is 1. The summed E-state index contributed by atoms with van der Waals surface area (Å²) in [5.41, 5.74) is 1.43. The molecule has 13 heavy (non-hydrogen) atoms. The van der Waals surface area contributed by atoms with E-state index in [2.05, 4.69) is 46.3 Å². The highest BCUT2D eigenvalue weighted by molar-refractivity contribution is 9.09. The Labute approximate surface area is 88.5 Å². The van der Waals surface area contributed by atoms with Gasteiger partial charge in [0.25, 0.3) is 0 Å². The van der Waals surface area contributed by atoms with Crippen LogP contribution in [-0.2, 0) is 0 Å². The van der Waals surface area contributed by atoms with Crippen molar-refractivity contribution in [2.45, 2.75) is 30.5 Å². The third-order valence-electron chi connectivity index (χ3n) is 2.93. The summed E-state index contributed by atoms with van der Waals surface area (Å²) in [5, 5.41) is 0. The molecule has 2 rings (SSSR count). The predicted molar refractivity (Wildman–Crippen MR) is 60.1 cm³/mol. The largest absolute Gasteiger partial charge is 0.0839 e. The SMILES string of the molecule is BrC(CC1CCC1)c1ccccc1. The summed E-state index contributed by atoms with van der Waals surface area (Å²) in [6, 6.07) is 10.7. The highest BCUT2D eigenvalue weighted by Gasteiger charge is 2.21. The molecule has 1 aliphatic rings. The van der Waals surface area contributed by atoms with Crippen LogP contribution in [0, 0.1) is 5.92 Å². The fourth-order valence-electron chi connectivity index (χ4n) is 1.82. The van der Waals surface area contributed by atoms with Gasteiger partial charge in [-0.1, -0.05) is 65.5 Å². The van der Waals surface area contributed by atoms with Gasteiger partial charge in [-0.2, -0.15) is 0 Å². The molecule has 0 nitrogen and oxygen atoms in total. The monoisotopic (exact) mass is 238 g/mol. The summed E-state index contributed by atoms with van der Waals surface area (Å²) in [4.78, 5) is 0.569. The zero-order valence-electron chi connectivity index (χ0n) is 7.75. The number of hydrogen-bond donors (Lipinski definition) is 0. The molecule has 0 spiro atoms. The standard InChI is InChI=1S/C12H15Br/c13-12(9-10-5-4-6-10)11-7-2-1-3-8-11/h1-3,7-8,10,12H,4-6,9H2. The normalized spacial score (nSPS) is 19.5. The van der Waals surface area contributed by atoms with E-state index in [1.54, 1.807) is 0 Å². The van der Waals surface area contributed by atoms with Crippen LogP contribution in [0.2, 0.25) is 0 Å². The Kier molecular flexibility index (Phi) is 3.05. The lowest BCUT2D eigenvalue weighted by Crippen LogP contribution is -2.12. The van der Waals surface area contributed by atoms with Crippen LogP contribution in [0.3, 0.4) is 0 Å². The Morgan fingerprint density at radius 3 is 2.46 bits per heavy atom. The lowest BCUT2D eigenvalue weighted by atomic mass is 9.81. The van der Waals surface area contributed by atoms with Crippen molar-refractivity contribution in [1.29, 1.82) is 0 Å². The van der Waals surface area contributed by atoms with Crippen molar-refractivity contribution in [2.75, 3.05) is 0 Å². The fraction of sp³-hybridized carbons (Fsp3) is 0.500. The average molecular weight is 239 g/mol. The van der Waals surface area contributed by atoms with E-state index < -0.39 is 0 Å². The van der Waals surface area contributed by atoms with Gasteiger partial charge < -0.3 is 0 Å². The van der Waals surface area contributed by atoms with E-state index in [0.717, 1.165) is 5.92 Å². The van der Waals surface area contributed by atoms with E-state index in [9.17, 15) is 0 Å².